The van der Waals surface area contributed by atoms with Crippen molar-refractivity contribution in [1.82, 2.24) is 4.98 Å². The standard InChI is InChI=1S/C14H9ClN2O2S/c15-12-5-9(7-16)1-2-10(12)8-20-11-3-4-17-13(6-11)14(18)19/h1-6H,8H2,(H,18,19). The van der Waals surface area contributed by atoms with E-state index in [0.29, 0.717) is 16.3 Å². The first-order chi connectivity index (χ1) is 9.60. The van der Waals surface area contributed by atoms with Crippen molar-refractivity contribution in [2.75, 3.05) is 0 Å². The maximum Gasteiger partial charge on any atom is 0.354 e. The summed E-state index contributed by atoms with van der Waals surface area (Å²) in [4.78, 5) is 15.4. The van der Waals surface area contributed by atoms with Gasteiger partial charge in [0.05, 0.1) is 11.6 Å². The van der Waals surface area contributed by atoms with E-state index in [1.54, 1.807) is 24.3 Å². The molecule has 0 aliphatic heterocycles. The SMILES string of the molecule is N#Cc1ccc(CSc2ccnc(C(=O)O)c2)c(Cl)c1. The Morgan fingerprint density at radius 3 is 2.85 bits per heavy atom. The largest absolute Gasteiger partial charge is 0.477 e. The van der Waals surface area contributed by atoms with Gasteiger partial charge in [-0.05, 0) is 29.8 Å². The van der Waals surface area contributed by atoms with Crippen molar-refractivity contribution < 1.29 is 9.90 Å². The van der Waals surface area contributed by atoms with Gasteiger partial charge in [0.25, 0.3) is 0 Å². The smallest absolute Gasteiger partial charge is 0.354 e. The number of thioether (sulfide) groups is 1. The third-order valence-electron chi connectivity index (χ3n) is 2.53. The van der Waals surface area contributed by atoms with Crippen LogP contribution in [0.15, 0.2) is 41.4 Å². The first-order valence-electron chi connectivity index (χ1n) is 5.61. The lowest BCUT2D eigenvalue weighted by Gasteiger charge is -2.05. The normalized spacial score (nSPS) is 10.0. The van der Waals surface area contributed by atoms with Gasteiger partial charge in [0, 0.05) is 21.9 Å². The molecule has 4 nitrogen and oxygen atoms in total. The second kappa shape index (κ2) is 6.42. The van der Waals surface area contributed by atoms with E-state index in [2.05, 4.69) is 4.98 Å². The predicted octanol–water partition coefficient (Wildman–Crippen LogP) is 3.60. The highest BCUT2D eigenvalue weighted by atomic mass is 35.5. The number of halogens is 1. The van der Waals surface area contributed by atoms with Gasteiger partial charge in [-0.3, -0.25) is 0 Å². The van der Waals surface area contributed by atoms with Gasteiger partial charge in [-0.25, -0.2) is 9.78 Å². The molecule has 0 unspecified atom stereocenters. The van der Waals surface area contributed by atoms with Crippen LogP contribution in [0.25, 0.3) is 0 Å². The van der Waals surface area contributed by atoms with Crippen LogP contribution in [0, 0.1) is 11.3 Å². The van der Waals surface area contributed by atoms with Gasteiger partial charge in [0.15, 0.2) is 0 Å². The molecule has 0 saturated heterocycles. The number of hydrogen-bond donors (Lipinski definition) is 1. The van der Waals surface area contributed by atoms with Crippen LogP contribution in [0.3, 0.4) is 0 Å². The van der Waals surface area contributed by atoms with Gasteiger partial charge in [0.2, 0.25) is 0 Å². The molecule has 0 saturated carbocycles. The maximum absolute atomic E-state index is 10.8. The molecule has 0 spiro atoms. The molecule has 0 aliphatic rings. The molecule has 0 amide bonds. The summed E-state index contributed by atoms with van der Waals surface area (Å²) in [5.41, 5.74) is 1.42. The zero-order valence-electron chi connectivity index (χ0n) is 10.2. The fourth-order valence-corrected chi connectivity index (χ4v) is 2.77. The zero-order valence-corrected chi connectivity index (χ0v) is 11.8. The van der Waals surface area contributed by atoms with E-state index in [1.807, 2.05) is 6.07 Å². The van der Waals surface area contributed by atoms with E-state index < -0.39 is 5.97 Å². The second-order valence-electron chi connectivity index (χ2n) is 3.89. The fraction of sp³-hybridized carbons (Fsp3) is 0.0714. The van der Waals surface area contributed by atoms with E-state index in [4.69, 9.17) is 22.0 Å². The maximum atomic E-state index is 10.8. The molecule has 2 rings (SSSR count). The molecule has 6 heteroatoms. The number of carboxylic acids is 1. The summed E-state index contributed by atoms with van der Waals surface area (Å²) >= 11 is 7.55. The monoisotopic (exact) mass is 304 g/mol. The van der Waals surface area contributed by atoms with Crippen LogP contribution < -0.4 is 0 Å². The topological polar surface area (TPSA) is 74.0 Å². The van der Waals surface area contributed by atoms with Crippen LogP contribution in [-0.4, -0.2) is 16.1 Å². The van der Waals surface area contributed by atoms with E-state index >= 15 is 0 Å². The Morgan fingerprint density at radius 2 is 2.20 bits per heavy atom. The number of benzene rings is 1. The van der Waals surface area contributed by atoms with Crippen molar-refractivity contribution in [3.05, 3.63) is 58.4 Å². The molecule has 0 fully saturated rings. The molecule has 1 N–H and O–H groups in total. The van der Waals surface area contributed by atoms with E-state index in [1.165, 1.54) is 24.0 Å². The second-order valence-corrected chi connectivity index (χ2v) is 5.34. The number of pyridine rings is 1. The molecule has 100 valence electrons. The summed E-state index contributed by atoms with van der Waals surface area (Å²) in [7, 11) is 0. The molecular weight excluding hydrogens is 296 g/mol. The summed E-state index contributed by atoms with van der Waals surface area (Å²) in [5.74, 6) is -0.461. The molecule has 2 aromatic rings. The van der Waals surface area contributed by atoms with Crippen molar-refractivity contribution in [1.29, 1.82) is 5.26 Å². The summed E-state index contributed by atoms with van der Waals surface area (Å²) in [6.07, 6.45) is 1.46. The Hall–Kier alpha value is -2.03. The number of aromatic carboxylic acids is 1. The molecule has 1 aromatic heterocycles. The molecule has 20 heavy (non-hydrogen) atoms. The number of nitriles is 1. The van der Waals surface area contributed by atoms with Crippen LogP contribution in [-0.2, 0) is 5.75 Å². The molecule has 1 heterocycles. The molecule has 0 radical (unpaired) electrons. The highest BCUT2D eigenvalue weighted by Crippen LogP contribution is 2.27. The Labute approximate surface area is 125 Å². The summed E-state index contributed by atoms with van der Waals surface area (Å²) < 4.78 is 0. The van der Waals surface area contributed by atoms with Gasteiger partial charge < -0.3 is 5.11 Å². The third-order valence-corrected chi connectivity index (χ3v) is 3.92. The van der Waals surface area contributed by atoms with Crippen LogP contribution in [0.5, 0.6) is 0 Å². The molecular formula is C14H9ClN2O2S. The molecule has 0 atom stereocenters. The first-order valence-corrected chi connectivity index (χ1v) is 6.97. The van der Waals surface area contributed by atoms with Gasteiger partial charge in [-0.15, -0.1) is 11.8 Å². The lowest BCUT2D eigenvalue weighted by molar-refractivity contribution is 0.0690. The van der Waals surface area contributed by atoms with Gasteiger partial charge in [-0.1, -0.05) is 17.7 Å². The van der Waals surface area contributed by atoms with Gasteiger partial charge >= 0.3 is 5.97 Å². The number of hydrogen-bond acceptors (Lipinski definition) is 4. The minimum atomic E-state index is -1.05. The average Bonchev–Trinajstić information content (AvgIpc) is 2.46. The lowest BCUT2D eigenvalue weighted by Crippen LogP contribution is -1.99. The third kappa shape index (κ3) is 3.50. The summed E-state index contributed by atoms with van der Waals surface area (Å²) in [6.45, 7) is 0. The van der Waals surface area contributed by atoms with E-state index in [-0.39, 0.29) is 5.69 Å². The molecule has 1 aromatic carbocycles. The number of aromatic nitrogens is 1. The van der Waals surface area contributed by atoms with Crippen molar-refractivity contribution in [3.8, 4) is 6.07 Å². The molecule has 0 bridgehead atoms. The number of carbonyl (C=O) groups is 1. The zero-order chi connectivity index (χ0) is 14.5. The quantitative estimate of drug-likeness (QED) is 0.874. The Bertz CT molecular complexity index is 698. The Balaban J connectivity index is 2.11. The minimum Gasteiger partial charge on any atom is -0.477 e. The number of rotatable bonds is 4. The highest BCUT2D eigenvalue weighted by Gasteiger charge is 2.07. The van der Waals surface area contributed by atoms with Crippen LogP contribution >= 0.6 is 23.4 Å². The fourth-order valence-electron chi connectivity index (χ4n) is 1.51. The molecule has 0 aliphatic carbocycles. The van der Waals surface area contributed by atoms with E-state index in [0.717, 1.165) is 10.5 Å². The van der Waals surface area contributed by atoms with Crippen LogP contribution in [0.1, 0.15) is 21.6 Å². The Kier molecular flexibility index (Phi) is 4.61. The van der Waals surface area contributed by atoms with Crippen molar-refractivity contribution in [2.45, 2.75) is 10.6 Å². The van der Waals surface area contributed by atoms with Crippen LogP contribution in [0.2, 0.25) is 5.02 Å². The van der Waals surface area contributed by atoms with Crippen molar-refractivity contribution in [3.63, 3.8) is 0 Å². The summed E-state index contributed by atoms with van der Waals surface area (Å²) in [5, 5.41) is 18.2. The van der Waals surface area contributed by atoms with Crippen molar-refractivity contribution >= 4 is 29.3 Å². The average molecular weight is 305 g/mol. The van der Waals surface area contributed by atoms with Crippen molar-refractivity contribution in [2.24, 2.45) is 0 Å². The number of nitrogens with zero attached hydrogens (tertiary/aromatic N) is 2. The summed E-state index contributed by atoms with van der Waals surface area (Å²) in [6, 6.07) is 10.4. The minimum absolute atomic E-state index is 0.0147. The van der Waals surface area contributed by atoms with Crippen LogP contribution in [0.4, 0.5) is 0 Å². The number of carboxylic acid groups (broad SMARTS) is 1. The Morgan fingerprint density at radius 1 is 1.40 bits per heavy atom. The highest BCUT2D eigenvalue weighted by molar-refractivity contribution is 7.98. The van der Waals surface area contributed by atoms with Gasteiger partial charge in [-0.2, -0.15) is 5.26 Å². The first kappa shape index (κ1) is 14.4. The lowest BCUT2D eigenvalue weighted by atomic mass is 10.2. The van der Waals surface area contributed by atoms with Gasteiger partial charge in [0.1, 0.15) is 5.69 Å². The predicted molar refractivity (Wildman–Crippen MR) is 76.9 cm³/mol. The van der Waals surface area contributed by atoms with E-state index in [9.17, 15) is 4.79 Å².